The maximum atomic E-state index is 12.4. The standard InChI is InChI=1S/C18H23N3O5S/c22-16(10-13-21-17(23)6-7-18(21)24)20-11-8-14(9-12-20)19-27(25,26)15-4-2-1-3-5-15/h1-5,14,19H,6-13H2. The van der Waals surface area contributed by atoms with Gasteiger partial charge in [0.15, 0.2) is 0 Å². The van der Waals surface area contributed by atoms with E-state index < -0.39 is 10.0 Å². The third-order valence-corrected chi connectivity index (χ3v) is 6.46. The van der Waals surface area contributed by atoms with Gasteiger partial charge in [0.1, 0.15) is 0 Å². The minimum Gasteiger partial charge on any atom is -0.343 e. The lowest BCUT2D eigenvalue weighted by atomic mass is 10.1. The predicted octanol–water partition coefficient (Wildman–Crippen LogP) is 0.495. The van der Waals surface area contributed by atoms with Crippen molar-refractivity contribution >= 4 is 27.7 Å². The number of nitrogens with one attached hydrogen (secondary N) is 1. The number of amides is 3. The summed E-state index contributed by atoms with van der Waals surface area (Å²) in [5.74, 6) is -0.560. The van der Waals surface area contributed by atoms with Crippen LogP contribution in [0.25, 0.3) is 0 Å². The van der Waals surface area contributed by atoms with Gasteiger partial charge in [-0.05, 0) is 25.0 Å². The van der Waals surface area contributed by atoms with Crippen LogP contribution in [0.5, 0.6) is 0 Å². The van der Waals surface area contributed by atoms with Crippen LogP contribution in [0.2, 0.25) is 0 Å². The molecular weight excluding hydrogens is 370 g/mol. The molecule has 2 aliphatic heterocycles. The Morgan fingerprint density at radius 2 is 1.63 bits per heavy atom. The second-order valence-corrected chi connectivity index (χ2v) is 8.49. The molecule has 0 spiro atoms. The maximum absolute atomic E-state index is 12.4. The van der Waals surface area contributed by atoms with Crippen molar-refractivity contribution in [1.82, 2.24) is 14.5 Å². The SMILES string of the molecule is O=C(CCN1C(=O)CCC1=O)N1CCC(NS(=O)(=O)c2ccccc2)CC1. The molecular formula is C18H23N3O5S. The zero-order valence-electron chi connectivity index (χ0n) is 15.0. The molecule has 3 amide bonds. The highest BCUT2D eigenvalue weighted by atomic mass is 32.2. The van der Waals surface area contributed by atoms with Gasteiger partial charge in [0.25, 0.3) is 0 Å². The topological polar surface area (TPSA) is 104 Å². The highest BCUT2D eigenvalue weighted by molar-refractivity contribution is 7.89. The summed E-state index contributed by atoms with van der Waals surface area (Å²) in [4.78, 5) is 38.5. The Morgan fingerprint density at radius 3 is 2.22 bits per heavy atom. The van der Waals surface area contributed by atoms with E-state index in [-0.39, 0.29) is 54.5 Å². The van der Waals surface area contributed by atoms with Crippen molar-refractivity contribution in [1.29, 1.82) is 0 Å². The smallest absolute Gasteiger partial charge is 0.240 e. The van der Waals surface area contributed by atoms with Gasteiger partial charge in [-0.15, -0.1) is 0 Å². The number of piperidine rings is 1. The van der Waals surface area contributed by atoms with E-state index in [1.807, 2.05) is 0 Å². The lowest BCUT2D eigenvalue weighted by molar-refractivity contribution is -0.139. The third-order valence-electron chi connectivity index (χ3n) is 4.93. The van der Waals surface area contributed by atoms with Gasteiger partial charge in [-0.25, -0.2) is 13.1 Å². The van der Waals surface area contributed by atoms with E-state index in [1.54, 1.807) is 35.2 Å². The molecule has 27 heavy (non-hydrogen) atoms. The molecule has 146 valence electrons. The van der Waals surface area contributed by atoms with Crippen molar-refractivity contribution in [2.75, 3.05) is 19.6 Å². The first-order chi connectivity index (χ1) is 12.9. The number of benzene rings is 1. The number of imide groups is 1. The van der Waals surface area contributed by atoms with Gasteiger partial charge in [-0.3, -0.25) is 19.3 Å². The van der Waals surface area contributed by atoms with E-state index >= 15 is 0 Å². The Balaban J connectivity index is 1.46. The van der Waals surface area contributed by atoms with E-state index in [4.69, 9.17) is 0 Å². The molecule has 1 aromatic rings. The van der Waals surface area contributed by atoms with E-state index in [0.717, 1.165) is 4.90 Å². The Hall–Kier alpha value is -2.26. The summed E-state index contributed by atoms with van der Waals surface area (Å²) in [6.45, 7) is 1.02. The van der Waals surface area contributed by atoms with Crippen molar-refractivity contribution in [3.63, 3.8) is 0 Å². The molecule has 9 heteroatoms. The van der Waals surface area contributed by atoms with Crippen LogP contribution in [0, 0.1) is 0 Å². The van der Waals surface area contributed by atoms with Crippen LogP contribution < -0.4 is 4.72 Å². The number of rotatable bonds is 6. The lowest BCUT2D eigenvalue weighted by Crippen LogP contribution is -2.47. The van der Waals surface area contributed by atoms with Crippen molar-refractivity contribution in [3.8, 4) is 0 Å². The van der Waals surface area contributed by atoms with Crippen molar-refractivity contribution < 1.29 is 22.8 Å². The van der Waals surface area contributed by atoms with Crippen LogP contribution in [-0.2, 0) is 24.4 Å². The lowest BCUT2D eigenvalue weighted by Gasteiger charge is -2.32. The van der Waals surface area contributed by atoms with Gasteiger partial charge in [0.05, 0.1) is 4.90 Å². The fourth-order valence-corrected chi connectivity index (χ4v) is 4.70. The van der Waals surface area contributed by atoms with Gasteiger partial charge >= 0.3 is 0 Å². The minimum absolute atomic E-state index is 0.109. The molecule has 3 rings (SSSR count). The minimum atomic E-state index is -3.57. The average Bonchev–Trinajstić information content (AvgIpc) is 2.98. The molecule has 2 fully saturated rings. The maximum Gasteiger partial charge on any atom is 0.240 e. The first-order valence-corrected chi connectivity index (χ1v) is 10.5. The van der Waals surface area contributed by atoms with Crippen molar-refractivity contribution in [2.45, 2.75) is 43.0 Å². The van der Waals surface area contributed by atoms with Crippen LogP contribution in [0.15, 0.2) is 35.2 Å². The quantitative estimate of drug-likeness (QED) is 0.709. The normalized spacial score (nSPS) is 19.0. The zero-order chi connectivity index (χ0) is 19.4. The number of sulfonamides is 1. The molecule has 1 aromatic carbocycles. The first kappa shape index (κ1) is 19.5. The molecule has 0 saturated carbocycles. The molecule has 2 heterocycles. The average molecular weight is 393 g/mol. The molecule has 8 nitrogen and oxygen atoms in total. The van der Waals surface area contributed by atoms with Crippen LogP contribution >= 0.6 is 0 Å². The van der Waals surface area contributed by atoms with Gasteiger partial charge < -0.3 is 4.90 Å². The van der Waals surface area contributed by atoms with E-state index in [2.05, 4.69) is 4.72 Å². The van der Waals surface area contributed by atoms with Crippen LogP contribution in [0.3, 0.4) is 0 Å². The summed E-state index contributed by atoms with van der Waals surface area (Å²) in [6, 6.07) is 7.97. The molecule has 2 saturated heterocycles. The first-order valence-electron chi connectivity index (χ1n) is 9.05. The van der Waals surface area contributed by atoms with Gasteiger partial charge in [-0.1, -0.05) is 18.2 Å². The number of likely N-dealkylation sites (tertiary alicyclic amines) is 2. The van der Waals surface area contributed by atoms with Gasteiger partial charge in [0, 0.05) is 44.9 Å². The molecule has 0 aromatic heterocycles. The number of carbonyl (C=O) groups is 3. The van der Waals surface area contributed by atoms with Crippen LogP contribution in [0.1, 0.15) is 32.1 Å². The summed E-state index contributed by atoms with van der Waals surface area (Å²) < 4.78 is 27.4. The second kappa shape index (κ2) is 8.18. The summed E-state index contributed by atoms with van der Waals surface area (Å²) in [6.07, 6.45) is 1.61. The molecule has 0 aliphatic carbocycles. The molecule has 1 N–H and O–H groups in total. The zero-order valence-corrected chi connectivity index (χ0v) is 15.8. The number of carbonyl (C=O) groups excluding carboxylic acids is 3. The predicted molar refractivity (Wildman–Crippen MR) is 96.9 cm³/mol. The molecule has 2 aliphatic rings. The molecule has 0 unspecified atom stereocenters. The summed E-state index contributed by atoms with van der Waals surface area (Å²) in [5.41, 5.74) is 0. The molecule has 0 bridgehead atoms. The van der Waals surface area contributed by atoms with Crippen molar-refractivity contribution in [2.24, 2.45) is 0 Å². The Morgan fingerprint density at radius 1 is 1.04 bits per heavy atom. The summed E-state index contributed by atoms with van der Waals surface area (Å²) in [5, 5.41) is 0. The second-order valence-electron chi connectivity index (χ2n) is 6.78. The Bertz CT molecular complexity index is 801. The van der Waals surface area contributed by atoms with Gasteiger partial charge in [0.2, 0.25) is 27.7 Å². The van der Waals surface area contributed by atoms with Crippen LogP contribution in [0.4, 0.5) is 0 Å². The Kier molecular flexibility index (Phi) is 5.91. The number of nitrogens with zero attached hydrogens (tertiary/aromatic N) is 2. The number of hydrogen-bond acceptors (Lipinski definition) is 5. The van der Waals surface area contributed by atoms with E-state index in [9.17, 15) is 22.8 Å². The van der Waals surface area contributed by atoms with Crippen LogP contribution in [-0.4, -0.2) is 61.6 Å². The fourth-order valence-electron chi connectivity index (χ4n) is 3.37. The fraction of sp³-hybridized carbons (Fsp3) is 0.500. The highest BCUT2D eigenvalue weighted by Crippen LogP contribution is 2.17. The number of hydrogen-bond donors (Lipinski definition) is 1. The molecule has 0 radical (unpaired) electrons. The van der Waals surface area contributed by atoms with Gasteiger partial charge in [-0.2, -0.15) is 0 Å². The van der Waals surface area contributed by atoms with E-state index in [0.29, 0.717) is 25.9 Å². The largest absolute Gasteiger partial charge is 0.343 e. The summed E-state index contributed by atoms with van der Waals surface area (Å²) in [7, 11) is -3.57. The third kappa shape index (κ3) is 4.72. The Labute approximate surface area is 158 Å². The monoisotopic (exact) mass is 393 g/mol. The molecule has 0 atom stereocenters. The highest BCUT2D eigenvalue weighted by Gasteiger charge is 2.30. The summed E-state index contributed by atoms with van der Waals surface area (Å²) >= 11 is 0. The van der Waals surface area contributed by atoms with Crippen molar-refractivity contribution in [3.05, 3.63) is 30.3 Å². The van der Waals surface area contributed by atoms with E-state index in [1.165, 1.54) is 0 Å².